The molecular formula is C10H9FN4O. The van der Waals surface area contributed by atoms with Crippen LogP contribution in [0.15, 0.2) is 30.5 Å². The molecule has 0 aliphatic carbocycles. The molecule has 3 N–H and O–H groups in total. The number of carbonyl (C=O) groups is 1. The predicted molar refractivity (Wildman–Crippen MR) is 57.6 cm³/mol. The molecule has 82 valence electrons. The third-order valence-electron chi connectivity index (χ3n) is 2.10. The topological polar surface area (TPSA) is 72.9 Å². The second-order valence-electron chi connectivity index (χ2n) is 3.07. The van der Waals surface area contributed by atoms with E-state index in [1.54, 1.807) is 18.2 Å². The summed E-state index contributed by atoms with van der Waals surface area (Å²) >= 11 is 0. The molecule has 0 fully saturated rings. The number of nitrogens with one attached hydrogen (secondary N) is 1. The number of benzene rings is 1. The van der Waals surface area contributed by atoms with E-state index in [9.17, 15) is 9.18 Å². The third-order valence-corrected chi connectivity index (χ3v) is 2.10. The summed E-state index contributed by atoms with van der Waals surface area (Å²) in [6.45, 7) is 0. The molecule has 0 aliphatic rings. The molecule has 0 radical (unpaired) electrons. The summed E-state index contributed by atoms with van der Waals surface area (Å²) in [4.78, 5) is 10.3. The highest BCUT2D eigenvalue weighted by Gasteiger charge is 2.11. The van der Waals surface area contributed by atoms with Crippen molar-refractivity contribution in [3.05, 3.63) is 36.3 Å². The second kappa shape index (κ2) is 4.01. The SMILES string of the molecule is Nc1c(NC=O)cnn1-c1ccccc1F. The number of hydrogen-bond donors (Lipinski definition) is 2. The quantitative estimate of drug-likeness (QED) is 0.762. The van der Waals surface area contributed by atoms with E-state index in [0.717, 1.165) is 0 Å². The number of anilines is 2. The van der Waals surface area contributed by atoms with E-state index in [4.69, 9.17) is 5.73 Å². The lowest BCUT2D eigenvalue weighted by Crippen LogP contribution is -2.05. The highest BCUT2D eigenvalue weighted by Crippen LogP contribution is 2.22. The van der Waals surface area contributed by atoms with Gasteiger partial charge in [-0.05, 0) is 12.1 Å². The maximum absolute atomic E-state index is 13.4. The van der Waals surface area contributed by atoms with Crippen molar-refractivity contribution < 1.29 is 9.18 Å². The Morgan fingerprint density at radius 3 is 2.88 bits per heavy atom. The first-order valence-corrected chi connectivity index (χ1v) is 4.52. The van der Waals surface area contributed by atoms with Crippen LogP contribution in [0.3, 0.4) is 0 Å². The maximum atomic E-state index is 13.4. The van der Waals surface area contributed by atoms with Gasteiger partial charge >= 0.3 is 0 Å². The van der Waals surface area contributed by atoms with Crippen molar-refractivity contribution in [2.45, 2.75) is 0 Å². The molecule has 2 aromatic rings. The van der Waals surface area contributed by atoms with E-state index in [1.807, 2.05) is 0 Å². The summed E-state index contributed by atoms with van der Waals surface area (Å²) in [6, 6.07) is 6.10. The minimum atomic E-state index is -0.435. The molecule has 0 spiro atoms. The van der Waals surface area contributed by atoms with E-state index in [0.29, 0.717) is 12.1 Å². The fraction of sp³-hybridized carbons (Fsp3) is 0. The van der Waals surface area contributed by atoms with Gasteiger partial charge in [0.2, 0.25) is 6.41 Å². The molecule has 16 heavy (non-hydrogen) atoms. The van der Waals surface area contributed by atoms with Crippen LogP contribution in [-0.4, -0.2) is 16.2 Å². The lowest BCUT2D eigenvalue weighted by molar-refractivity contribution is -0.105. The molecule has 1 heterocycles. The van der Waals surface area contributed by atoms with Crippen LogP contribution < -0.4 is 11.1 Å². The van der Waals surface area contributed by atoms with Crippen molar-refractivity contribution in [3.63, 3.8) is 0 Å². The molecule has 0 bridgehead atoms. The van der Waals surface area contributed by atoms with E-state index in [2.05, 4.69) is 10.4 Å². The highest BCUT2D eigenvalue weighted by molar-refractivity contribution is 5.78. The summed E-state index contributed by atoms with van der Waals surface area (Å²) in [6.07, 6.45) is 1.84. The van der Waals surface area contributed by atoms with E-state index < -0.39 is 5.82 Å². The number of halogens is 1. The molecule has 1 aromatic carbocycles. The fourth-order valence-corrected chi connectivity index (χ4v) is 1.35. The first kappa shape index (κ1) is 10.2. The number of amides is 1. The van der Waals surface area contributed by atoms with Gasteiger partial charge in [0.1, 0.15) is 17.2 Å². The van der Waals surface area contributed by atoms with Crippen LogP contribution >= 0.6 is 0 Å². The number of para-hydroxylation sites is 1. The van der Waals surface area contributed by atoms with Gasteiger partial charge in [-0.1, -0.05) is 12.1 Å². The zero-order valence-corrected chi connectivity index (χ0v) is 8.22. The van der Waals surface area contributed by atoms with Crippen molar-refractivity contribution in [1.82, 2.24) is 9.78 Å². The van der Waals surface area contributed by atoms with Gasteiger partial charge in [-0.25, -0.2) is 9.07 Å². The number of nitrogens with two attached hydrogens (primary N) is 1. The largest absolute Gasteiger partial charge is 0.382 e. The smallest absolute Gasteiger partial charge is 0.211 e. The van der Waals surface area contributed by atoms with Crippen LogP contribution in [0.4, 0.5) is 15.9 Å². The van der Waals surface area contributed by atoms with Crippen molar-refractivity contribution in [2.75, 3.05) is 11.1 Å². The van der Waals surface area contributed by atoms with Crippen LogP contribution in [0, 0.1) is 5.82 Å². The van der Waals surface area contributed by atoms with Crippen LogP contribution in [0.25, 0.3) is 5.69 Å². The van der Waals surface area contributed by atoms with Gasteiger partial charge in [-0.2, -0.15) is 5.10 Å². The van der Waals surface area contributed by atoms with E-state index in [1.165, 1.54) is 16.9 Å². The Morgan fingerprint density at radius 1 is 1.44 bits per heavy atom. The number of nitrogen functional groups attached to an aromatic ring is 1. The maximum Gasteiger partial charge on any atom is 0.211 e. The van der Waals surface area contributed by atoms with Crippen LogP contribution in [0.2, 0.25) is 0 Å². The number of rotatable bonds is 3. The second-order valence-corrected chi connectivity index (χ2v) is 3.07. The first-order chi connectivity index (χ1) is 7.74. The van der Waals surface area contributed by atoms with Gasteiger partial charge in [0.15, 0.2) is 5.82 Å². The summed E-state index contributed by atoms with van der Waals surface area (Å²) < 4.78 is 14.7. The molecule has 1 amide bonds. The standard InChI is InChI=1S/C10H9FN4O/c11-7-3-1-2-4-9(7)15-10(12)8(5-14-15)13-6-16/h1-6H,12H2,(H,13,16). The van der Waals surface area contributed by atoms with Crippen LogP contribution in [0.1, 0.15) is 0 Å². The molecule has 0 saturated heterocycles. The summed E-state index contributed by atoms with van der Waals surface area (Å²) in [5.41, 5.74) is 6.28. The molecule has 0 saturated carbocycles. The number of carbonyl (C=O) groups excluding carboxylic acids is 1. The summed E-state index contributed by atoms with van der Waals surface area (Å²) in [5.74, 6) is -0.257. The Kier molecular flexibility index (Phi) is 2.55. The molecule has 0 atom stereocenters. The van der Waals surface area contributed by atoms with Crippen LogP contribution in [-0.2, 0) is 4.79 Å². The predicted octanol–water partition coefficient (Wildman–Crippen LogP) is 1.16. The Bertz CT molecular complexity index is 523. The lowest BCUT2D eigenvalue weighted by atomic mass is 10.3. The van der Waals surface area contributed by atoms with E-state index >= 15 is 0 Å². The molecule has 1 aromatic heterocycles. The highest BCUT2D eigenvalue weighted by atomic mass is 19.1. The molecular weight excluding hydrogens is 211 g/mol. The molecule has 6 heteroatoms. The number of aromatic nitrogens is 2. The third kappa shape index (κ3) is 1.60. The van der Waals surface area contributed by atoms with Gasteiger partial charge in [0.05, 0.1) is 6.20 Å². The molecule has 0 aliphatic heterocycles. The minimum absolute atomic E-state index is 0.178. The molecule has 2 rings (SSSR count). The average Bonchev–Trinajstić information content (AvgIpc) is 2.62. The van der Waals surface area contributed by atoms with Crippen LogP contribution in [0.5, 0.6) is 0 Å². The summed E-state index contributed by atoms with van der Waals surface area (Å²) in [5, 5.41) is 6.27. The zero-order chi connectivity index (χ0) is 11.5. The average molecular weight is 220 g/mol. The lowest BCUT2D eigenvalue weighted by Gasteiger charge is -2.05. The van der Waals surface area contributed by atoms with Crippen molar-refractivity contribution in [2.24, 2.45) is 0 Å². The monoisotopic (exact) mass is 220 g/mol. The fourth-order valence-electron chi connectivity index (χ4n) is 1.35. The van der Waals surface area contributed by atoms with Gasteiger partial charge in [0.25, 0.3) is 0 Å². The van der Waals surface area contributed by atoms with Gasteiger partial charge < -0.3 is 11.1 Å². The van der Waals surface area contributed by atoms with Crippen molar-refractivity contribution >= 4 is 17.9 Å². The van der Waals surface area contributed by atoms with Crippen molar-refractivity contribution in [1.29, 1.82) is 0 Å². The van der Waals surface area contributed by atoms with Gasteiger partial charge in [0, 0.05) is 0 Å². The van der Waals surface area contributed by atoms with Gasteiger partial charge in [-0.15, -0.1) is 0 Å². The Morgan fingerprint density at radius 2 is 2.19 bits per heavy atom. The molecule has 0 unspecified atom stereocenters. The Labute approximate surface area is 90.7 Å². The summed E-state index contributed by atoms with van der Waals surface area (Å²) in [7, 11) is 0. The van der Waals surface area contributed by atoms with Crippen molar-refractivity contribution in [3.8, 4) is 5.69 Å². The zero-order valence-electron chi connectivity index (χ0n) is 8.22. The van der Waals surface area contributed by atoms with E-state index in [-0.39, 0.29) is 11.5 Å². The molecule has 5 nitrogen and oxygen atoms in total. The first-order valence-electron chi connectivity index (χ1n) is 4.52. The van der Waals surface area contributed by atoms with Gasteiger partial charge in [-0.3, -0.25) is 4.79 Å². The Hall–Kier alpha value is -2.37. The minimum Gasteiger partial charge on any atom is -0.382 e. The number of nitrogens with zero attached hydrogens (tertiary/aromatic N) is 2. The Balaban J connectivity index is 2.49. The number of hydrogen-bond acceptors (Lipinski definition) is 3. The normalized spacial score (nSPS) is 10.1.